The van der Waals surface area contributed by atoms with Crippen LogP contribution >= 0.6 is 0 Å². The summed E-state index contributed by atoms with van der Waals surface area (Å²) in [7, 11) is 0. The Balaban J connectivity index is 1.69. The zero-order valence-electron chi connectivity index (χ0n) is 12.4. The normalized spacial score (nSPS) is 19.9. The number of carbonyl (C=O) groups is 1. The van der Waals surface area contributed by atoms with Crippen molar-refractivity contribution in [2.24, 2.45) is 4.99 Å². The SMILES string of the molecule is CCNC(=NCCCN1CCCC1=O)NC1CC=CC1. The molecule has 1 heterocycles. The third-order valence-electron chi connectivity index (χ3n) is 3.72. The van der Waals surface area contributed by atoms with E-state index in [0.717, 1.165) is 64.2 Å². The first-order valence-electron chi connectivity index (χ1n) is 7.77. The van der Waals surface area contributed by atoms with Crippen molar-refractivity contribution in [1.29, 1.82) is 0 Å². The molecular formula is C15H26N4O. The number of guanidine groups is 1. The van der Waals surface area contributed by atoms with E-state index in [9.17, 15) is 4.79 Å². The van der Waals surface area contributed by atoms with Crippen molar-refractivity contribution in [3.8, 4) is 0 Å². The molecule has 1 saturated heterocycles. The fourth-order valence-corrected chi connectivity index (χ4v) is 2.64. The molecule has 0 aromatic rings. The van der Waals surface area contributed by atoms with Crippen LogP contribution in [0.1, 0.15) is 39.0 Å². The molecule has 1 aliphatic heterocycles. The van der Waals surface area contributed by atoms with Gasteiger partial charge in [0, 0.05) is 38.6 Å². The van der Waals surface area contributed by atoms with E-state index in [1.807, 2.05) is 4.90 Å². The molecule has 0 saturated carbocycles. The van der Waals surface area contributed by atoms with Crippen molar-refractivity contribution in [3.05, 3.63) is 12.2 Å². The fourth-order valence-electron chi connectivity index (χ4n) is 2.64. The molecule has 0 unspecified atom stereocenters. The second kappa shape index (κ2) is 7.92. The number of hydrogen-bond acceptors (Lipinski definition) is 2. The van der Waals surface area contributed by atoms with Gasteiger partial charge in [-0.05, 0) is 32.6 Å². The Labute approximate surface area is 121 Å². The average molecular weight is 278 g/mol. The number of likely N-dealkylation sites (tertiary alicyclic amines) is 1. The van der Waals surface area contributed by atoms with Crippen LogP contribution in [-0.2, 0) is 4.79 Å². The molecule has 112 valence electrons. The van der Waals surface area contributed by atoms with Gasteiger partial charge in [-0.1, -0.05) is 12.2 Å². The fraction of sp³-hybridized carbons (Fsp3) is 0.733. The van der Waals surface area contributed by atoms with E-state index in [4.69, 9.17) is 0 Å². The predicted molar refractivity (Wildman–Crippen MR) is 81.7 cm³/mol. The zero-order chi connectivity index (χ0) is 14.2. The summed E-state index contributed by atoms with van der Waals surface area (Å²) in [5, 5.41) is 6.73. The number of rotatable bonds is 6. The van der Waals surface area contributed by atoms with Gasteiger partial charge in [-0.2, -0.15) is 0 Å². The lowest BCUT2D eigenvalue weighted by Crippen LogP contribution is -2.42. The van der Waals surface area contributed by atoms with Gasteiger partial charge in [0.05, 0.1) is 0 Å². The lowest BCUT2D eigenvalue weighted by Gasteiger charge is -2.17. The van der Waals surface area contributed by atoms with Crippen LogP contribution in [0.3, 0.4) is 0 Å². The van der Waals surface area contributed by atoms with Crippen LogP contribution in [0.4, 0.5) is 0 Å². The van der Waals surface area contributed by atoms with Gasteiger partial charge in [0.25, 0.3) is 0 Å². The Morgan fingerprint density at radius 2 is 2.25 bits per heavy atom. The molecular weight excluding hydrogens is 252 g/mol. The predicted octanol–water partition coefficient (Wildman–Crippen LogP) is 1.27. The second-order valence-corrected chi connectivity index (χ2v) is 5.38. The van der Waals surface area contributed by atoms with Crippen molar-refractivity contribution in [2.75, 3.05) is 26.2 Å². The number of carbonyl (C=O) groups excluding carboxylic acids is 1. The Morgan fingerprint density at radius 1 is 1.45 bits per heavy atom. The van der Waals surface area contributed by atoms with Gasteiger partial charge in [0.15, 0.2) is 5.96 Å². The standard InChI is InChI=1S/C15H26N4O/c1-2-16-15(18-13-7-3-4-8-13)17-10-6-12-19-11-5-9-14(19)20/h3-4,13H,2,5-12H2,1H3,(H2,16,17,18). The van der Waals surface area contributed by atoms with Crippen LogP contribution in [0.2, 0.25) is 0 Å². The van der Waals surface area contributed by atoms with E-state index < -0.39 is 0 Å². The summed E-state index contributed by atoms with van der Waals surface area (Å²) in [5.74, 6) is 1.20. The van der Waals surface area contributed by atoms with Gasteiger partial charge in [-0.25, -0.2) is 0 Å². The Bertz CT molecular complexity index is 370. The highest BCUT2D eigenvalue weighted by molar-refractivity contribution is 5.80. The van der Waals surface area contributed by atoms with Gasteiger partial charge in [-0.3, -0.25) is 9.79 Å². The topological polar surface area (TPSA) is 56.7 Å². The molecule has 2 aliphatic rings. The molecule has 5 nitrogen and oxygen atoms in total. The quantitative estimate of drug-likeness (QED) is 0.333. The third-order valence-corrected chi connectivity index (χ3v) is 3.72. The summed E-state index contributed by atoms with van der Waals surface area (Å²) >= 11 is 0. The van der Waals surface area contributed by atoms with Crippen LogP contribution in [0.5, 0.6) is 0 Å². The third kappa shape index (κ3) is 4.54. The minimum Gasteiger partial charge on any atom is -0.357 e. The highest BCUT2D eigenvalue weighted by Gasteiger charge is 2.18. The first kappa shape index (κ1) is 14.9. The van der Waals surface area contributed by atoms with E-state index >= 15 is 0 Å². The summed E-state index contributed by atoms with van der Waals surface area (Å²) in [6, 6.07) is 0.480. The van der Waals surface area contributed by atoms with Crippen molar-refractivity contribution in [1.82, 2.24) is 15.5 Å². The number of hydrogen-bond donors (Lipinski definition) is 2. The lowest BCUT2D eigenvalue weighted by molar-refractivity contribution is -0.127. The molecule has 2 N–H and O–H groups in total. The summed E-state index contributed by atoms with van der Waals surface area (Å²) in [4.78, 5) is 18.0. The summed E-state index contributed by atoms with van der Waals surface area (Å²) in [6.07, 6.45) is 9.24. The number of aliphatic imine (C=N–C) groups is 1. The maximum absolute atomic E-state index is 11.5. The van der Waals surface area contributed by atoms with Crippen LogP contribution in [0.25, 0.3) is 0 Å². The average Bonchev–Trinajstić information content (AvgIpc) is 3.07. The first-order chi connectivity index (χ1) is 9.79. The van der Waals surface area contributed by atoms with E-state index in [-0.39, 0.29) is 0 Å². The lowest BCUT2D eigenvalue weighted by atomic mass is 10.2. The van der Waals surface area contributed by atoms with Gasteiger partial charge < -0.3 is 15.5 Å². The van der Waals surface area contributed by atoms with E-state index in [1.54, 1.807) is 0 Å². The molecule has 20 heavy (non-hydrogen) atoms. The number of nitrogens with one attached hydrogen (secondary N) is 2. The molecule has 0 atom stereocenters. The highest BCUT2D eigenvalue weighted by atomic mass is 16.2. The molecule has 1 aliphatic carbocycles. The maximum Gasteiger partial charge on any atom is 0.222 e. The zero-order valence-corrected chi connectivity index (χ0v) is 12.4. The van der Waals surface area contributed by atoms with Crippen molar-refractivity contribution in [2.45, 2.75) is 45.1 Å². The van der Waals surface area contributed by atoms with Crippen LogP contribution < -0.4 is 10.6 Å². The molecule has 0 aromatic carbocycles. The van der Waals surface area contributed by atoms with Crippen LogP contribution in [-0.4, -0.2) is 49.0 Å². The van der Waals surface area contributed by atoms with Crippen LogP contribution in [0.15, 0.2) is 17.1 Å². The van der Waals surface area contributed by atoms with Gasteiger partial charge in [0.1, 0.15) is 0 Å². The van der Waals surface area contributed by atoms with Gasteiger partial charge in [0.2, 0.25) is 5.91 Å². The number of nitrogens with zero attached hydrogens (tertiary/aromatic N) is 2. The minimum absolute atomic E-state index is 0.302. The Hall–Kier alpha value is -1.52. The smallest absolute Gasteiger partial charge is 0.222 e. The molecule has 0 radical (unpaired) electrons. The van der Waals surface area contributed by atoms with E-state index in [2.05, 4.69) is 34.7 Å². The molecule has 1 fully saturated rings. The molecule has 0 spiro atoms. The second-order valence-electron chi connectivity index (χ2n) is 5.38. The molecule has 5 heteroatoms. The van der Waals surface area contributed by atoms with Crippen molar-refractivity contribution < 1.29 is 4.79 Å². The first-order valence-corrected chi connectivity index (χ1v) is 7.77. The van der Waals surface area contributed by atoms with Crippen molar-refractivity contribution in [3.63, 3.8) is 0 Å². The van der Waals surface area contributed by atoms with E-state index in [1.165, 1.54) is 0 Å². The maximum atomic E-state index is 11.5. The summed E-state index contributed by atoms with van der Waals surface area (Å²) < 4.78 is 0. The molecule has 0 aromatic heterocycles. The van der Waals surface area contributed by atoms with E-state index in [0.29, 0.717) is 11.9 Å². The Morgan fingerprint density at radius 3 is 2.90 bits per heavy atom. The largest absolute Gasteiger partial charge is 0.357 e. The van der Waals surface area contributed by atoms with Gasteiger partial charge in [-0.15, -0.1) is 0 Å². The van der Waals surface area contributed by atoms with Crippen molar-refractivity contribution >= 4 is 11.9 Å². The Kier molecular flexibility index (Phi) is 5.89. The monoisotopic (exact) mass is 278 g/mol. The minimum atomic E-state index is 0.302. The molecule has 1 amide bonds. The number of amides is 1. The molecule has 2 rings (SSSR count). The van der Waals surface area contributed by atoms with Gasteiger partial charge >= 0.3 is 0 Å². The summed E-state index contributed by atoms with van der Waals surface area (Å²) in [6.45, 7) is 5.48. The van der Waals surface area contributed by atoms with Crippen LogP contribution in [0, 0.1) is 0 Å². The summed E-state index contributed by atoms with van der Waals surface area (Å²) in [5.41, 5.74) is 0. The molecule has 0 bridgehead atoms. The highest BCUT2D eigenvalue weighted by Crippen LogP contribution is 2.10.